The average Bonchev–Trinajstić information content (AvgIpc) is 2.14. The van der Waals surface area contributed by atoms with Crippen molar-refractivity contribution >= 4 is 16.0 Å². The number of carbonyl (C=O) groups is 1. The highest BCUT2D eigenvalue weighted by Crippen LogP contribution is 2.19. The monoisotopic (exact) mass is 235 g/mol. The molecule has 1 unspecified atom stereocenters. The van der Waals surface area contributed by atoms with Gasteiger partial charge in [-0.25, -0.2) is 8.42 Å². The summed E-state index contributed by atoms with van der Waals surface area (Å²) in [5.74, 6) is -0.956. The lowest BCUT2D eigenvalue weighted by Crippen LogP contribution is -2.48. The van der Waals surface area contributed by atoms with Crippen molar-refractivity contribution in [3.05, 3.63) is 0 Å². The van der Waals surface area contributed by atoms with Gasteiger partial charge in [-0.2, -0.15) is 4.31 Å². The van der Waals surface area contributed by atoms with Crippen molar-refractivity contribution in [1.29, 1.82) is 0 Å². The zero-order valence-corrected chi connectivity index (χ0v) is 9.66. The second-order valence-electron chi connectivity index (χ2n) is 3.78. The highest BCUT2D eigenvalue weighted by Gasteiger charge is 2.35. The normalized spacial score (nSPS) is 23.5. The number of carboxylic acids is 1. The Morgan fingerprint density at radius 1 is 1.47 bits per heavy atom. The Labute approximate surface area is 90.1 Å². The summed E-state index contributed by atoms with van der Waals surface area (Å²) in [6, 6.07) is -0.875. The zero-order valence-electron chi connectivity index (χ0n) is 8.85. The van der Waals surface area contributed by atoms with Gasteiger partial charge in [-0.1, -0.05) is 13.3 Å². The number of sulfonamides is 1. The quantitative estimate of drug-likeness (QED) is 0.777. The predicted molar refractivity (Wildman–Crippen MR) is 56.1 cm³/mol. The van der Waals surface area contributed by atoms with Crippen LogP contribution >= 0.6 is 0 Å². The van der Waals surface area contributed by atoms with Crippen LogP contribution in [-0.4, -0.2) is 42.1 Å². The summed E-state index contributed by atoms with van der Waals surface area (Å²) >= 11 is 0. The molecule has 0 spiro atoms. The van der Waals surface area contributed by atoms with Crippen molar-refractivity contribution in [3.8, 4) is 0 Å². The molecular formula is C9H17NO4S. The highest BCUT2D eigenvalue weighted by atomic mass is 32.2. The lowest BCUT2D eigenvalue weighted by molar-refractivity contribution is -0.141. The minimum Gasteiger partial charge on any atom is -0.480 e. The SMILES string of the molecule is CCCC(C(=O)O)N1CCCCS1(=O)=O. The van der Waals surface area contributed by atoms with Crippen LogP contribution in [0.2, 0.25) is 0 Å². The van der Waals surface area contributed by atoms with Gasteiger partial charge < -0.3 is 5.11 Å². The molecule has 15 heavy (non-hydrogen) atoms. The molecule has 1 heterocycles. The van der Waals surface area contributed by atoms with E-state index >= 15 is 0 Å². The molecule has 0 amide bonds. The topological polar surface area (TPSA) is 74.7 Å². The van der Waals surface area contributed by atoms with Crippen LogP contribution in [0.15, 0.2) is 0 Å². The van der Waals surface area contributed by atoms with Crippen molar-refractivity contribution in [2.75, 3.05) is 12.3 Å². The van der Waals surface area contributed by atoms with Crippen LogP contribution in [0.25, 0.3) is 0 Å². The van der Waals surface area contributed by atoms with Gasteiger partial charge in [0.25, 0.3) is 0 Å². The molecule has 0 aliphatic carbocycles. The molecule has 0 aromatic heterocycles. The molecule has 1 aliphatic rings. The molecular weight excluding hydrogens is 218 g/mol. The van der Waals surface area contributed by atoms with Gasteiger partial charge in [-0.05, 0) is 19.3 Å². The van der Waals surface area contributed by atoms with Gasteiger partial charge in [0, 0.05) is 6.54 Å². The van der Waals surface area contributed by atoms with E-state index in [9.17, 15) is 13.2 Å². The van der Waals surface area contributed by atoms with E-state index in [2.05, 4.69) is 0 Å². The van der Waals surface area contributed by atoms with Gasteiger partial charge >= 0.3 is 5.97 Å². The van der Waals surface area contributed by atoms with Crippen LogP contribution in [0.3, 0.4) is 0 Å². The molecule has 0 bridgehead atoms. The summed E-state index contributed by atoms with van der Waals surface area (Å²) < 4.78 is 24.5. The van der Waals surface area contributed by atoms with Crippen LogP contribution in [0.4, 0.5) is 0 Å². The number of carboxylic acid groups (broad SMARTS) is 1. The Morgan fingerprint density at radius 2 is 2.13 bits per heavy atom. The molecule has 0 aromatic rings. The molecule has 1 atom stereocenters. The molecule has 1 N–H and O–H groups in total. The van der Waals surface area contributed by atoms with Crippen LogP contribution in [0.1, 0.15) is 32.6 Å². The van der Waals surface area contributed by atoms with Gasteiger partial charge in [0.15, 0.2) is 0 Å². The Morgan fingerprint density at radius 3 is 2.60 bits per heavy atom. The van der Waals surface area contributed by atoms with Crippen molar-refractivity contribution in [2.24, 2.45) is 0 Å². The van der Waals surface area contributed by atoms with Gasteiger partial charge in [0.2, 0.25) is 10.0 Å². The van der Waals surface area contributed by atoms with E-state index in [-0.39, 0.29) is 5.75 Å². The molecule has 0 saturated carbocycles. The van der Waals surface area contributed by atoms with E-state index in [4.69, 9.17) is 5.11 Å². The Bertz CT molecular complexity index is 325. The third-order valence-electron chi connectivity index (χ3n) is 2.58. The maximum atomic E-state index is 11.7. The predicted octanol–water partition coefficient (Wildman–Crippen LogP) is 0.665. The van der Waals surface area contributed by atoms with E-state index in [1.54, 1.807) is 0 Å². The summed E-state index contributed by atoms with van der Waals surface area (Å²) in [5, 5.41) is 8.98. The Hall–Kier alpha value is -0.620. The largest absolute Gasteiger partial charge is 0.480 e. The fraction of sp³-hybridized carbons (Fsp3) is 0.889. The third kappa shape index (κ3) is 2.92. The Kier molecular flexibility index (Phi) is 4.10. The first-order valence-corrected chi connectivity index (χ1v) is 6.82. The molecule has 0 radical (unpaired) electrons. The van der Waals surface area contributed by atoms with Crippen LogP contribution < -0.4 is 0 Å². The van der Waals surface area contributed by atoms with E-state index in [1.165, 1.54) is 0 Å². The molecule has 1 rings (SSSR count). The average molecular weight is 235 g/mol. The van der Waals surface area contributed by atoms with Gasteiger partial charge in [-0.15, -0.1) is 0 Å². The summed E-state index contributed by atoms with van der Waals surface area (Å²) in [6.45, 7) is 2.20. The van der Waals surface area contributed by atoms with E-state index in [0.717, 1.165) is 10.7 Å². The lowest BCUT2D eigenvalue weighted by atomic mass is 10.1. The standard InChI is InChI=1S/C9H17NO4S/c1-2-5-8(9(11)12)10-6-3-4-7-15(10,13)14/h8H,2-7H2,1H3,(H,11,12). The molecule has 0 aromatic carbocycles. The summed E-state index contributed by atoms with van der Waals surface area (Å²) in [7, 11) is -3.34. The lowest BCUT2D eigenvalue weighted by Gasteiger charge is -2.31. The molecule has 5 nitrogen and oxygen atoms in total. The van der Waals surface area contributed by atoms with Crippen LogP contribution in [0.5, 0.6) is 0 Å². The van der Waals surface area contributed by atoms with Crippen LogP contribution in [-0.2, 0) is 14.8 Å². The molecule has 88 valence electrons. The second-order valence-corrected chi connectivity index (χ2v) is 5.82. The first-order chi connectivity index (χ1) is 6.99. The molecule has 1 fully saturated rings. The second kappa shape index (κ2) is 4.94. The highest BCUT2D eigenvalue weighted by molar-refractivity contribution is 7.89. The van der Waals surface area contributed by atoms with Crippen LogP contribution in [0, 0.1) is 0 Å². The number of hydrogen-bond donors (Lipinski definition) is 1. The summed E-state index contributed by atoms with van der Waals surface area (Å²) in [4.78, 5) is 11.0. The van der Waals surface area contributed by atoms with Gasteiger partial charge in [-0.3, -0.25) is 4.79 Å². The summed E-state index contributed by atoms with van der Waals surface area (Å²) in [5.41, 5.74) is 0. The maximum Gasteiger partial charge on any atom is 0.322 e. The zero-order chi connectivity index (χ0) is 11.5. The third-order valence-corrected chi connectivity index (χ3v) is 4.54. The van der Waals surface area contributed by atoms with E-state index in [0.29, 0.717) is 25.8 Å². The minimum absolute atomic E-state index is 0.0838. The number of rotatable bonds is 4. The van der Waals surface area contributed by atoms with E-state index in [1.807, 2.05) is 6.92 Å². The van der Waals surface area contributed by atoms with Crippen molar-refractivity contribution in [1.82, 2.24) is 4.31 Å². The van der Waals surface area contributed by atoms with E-state index < -0.39 is 22.0 Å². The fourth-order valence-electron chi connectivity index (χ4n) is 1.82. The number of hydrogen-bond acceptors (Lipinski definition) is 3. The Balaban J connectivity index is 2.86. The van der Waals surface area contributed by atoms with Crippen molar-refractivity contribution in [3.63, 3.8) is 0 Å². The maximum absolute atomic E-state index is 11.7. The van der Waals surface area contributed by atoms with Crippen molar-refractivity contribution < 1.29 is 18.3 Å². The minimum atomic E-state index is -3.34. The molecule has 1 aliphatic heterocycles. The van der Waals surface area contributed by atoms with Gasteiger partial charge in [0.1, 0.15) is 6.04 Å². The van der Waals surface area contributed by atoms with Gasteiger partial charge in [0.05, 0.1) is 5.75 Å². The first-order valence-electron chi connectivity index (χ1n) is 5.21. The fourth-order valence-corrected chi connectivity index (χ4v) is 3.62. The van der Waals surface area contributed by atoms with Crippen molar-refractivity contribution in [2.45, 2.75) is 38.6 Å². The first kappa shape index (κ1) is 12.4. The summed E-state index contributed by atoms with van der Waals surface area (Å²) in [6.07, 6.45) is 2.45. The number of nitrogens with zero attached hydrogens (tertiary/aromatic N) is 1. The molecule has 1 saturated heterocycles. The number of aliphatic carboxylic acids is 1. The smallest absolute Gasteiger partial charge is 0.322 e. The molecule has 6 heteroatoms.